The summed E-state index contributed by atoms with van der Waals surface area (Å²) in [5.74, 6) is -0.334. The molecule has 0 radical (unpaired) electrons. The van der Waals surface area contributed by atoms with Gasteiger partial charge in [0.05, 0.1) is 11.5 Å². The van der Waals surface area contributed by atoms with Crippen molar-refractivity contribution in [2.45, 2.75) is 5.92 Å². The van der Waals surface area contributed by atoms with Gasteiger partial charge in [-0.3, -0.25) is 4.79 Å². The van der Waals surface area contributed by atoms with E-state index in [0.717, 1.165) is 5.56 Å². The summed E-state index contributed by atoms with van der Waals surface area (Å²) in [5, 5.41) is 13.7. The lowest BCUT2D eigenvalue weighted by atomic mass is 9.84. The second-order valence-electron chi connectivity index (χ2n) is 5.62. The molecule has 0 bridgehead atoms. The van der Waals surface area contributed by atoms with Crippen molar-refractivity contribution in [3.63, 3.8) is 0 Å². The number of hydrogen-bond donors (Lipinski definition) is 3. The van der Waals surface area contributed by atoms with E-state index in [4.69, 9.17) is 22.1 Å². The highest BCUT2D eigenvalue weighted by atomic mass is 35.5. The maximum Gasteiger partial charge on any atom is 0.257 e. The Labute approximate surface area is 156 Å². The van der Waals surface area contributed by atoms with Crippen LogP contribution in [0.15, 0.2) is 40.5 Å². The molecule has 0 fully saturated rings. The minimum Gasteiger partial charge on any atom is -0.438 e. The summed E-state index contributed by atoms with van der Waals surface area (Å²) in [5.41, 5.74) is 7.28. The molecule has 1 unspecified atom stereocenters. The van der Waals surface area contributed by atoms with Crippen molar-refractivity contribution in [1.29, 1.82) is 5.26 Å². The van der Waals surface area contributed by atoms with Crippen molar-refractivity contribution >= 4 is 38.4 Å². The normalized spacial score (nSPS) is 16.1. The molecule has 1 atom stereocenters. The third kappa shape index (κ3) is 2.41. The maximum atomic E-state index is 12.8. The summed E-state index contributed by atoms with van der Waals surface area (Å²) in [4.78, 5) is 19.9. The largest absolute Gasteiger partial charge is 0.438 e. The number of pyridine rings is 1. The lowest BCUT2D eigenvalue weighted by Gasteiger charge is -2.25. The van der Waals surface area contributed by atoms with Gasteiger partial charge in [-0.25, -0.2) is 4.98 Å². The first-order chi connectivity index (χ1) is 12.5. The Hall–Kier alpha value is -3.02. The van der Waals surface area contributed by atoms with Crippen LogP contribution in [0.4, 0.5) is 5.13 Å². The fourth-order valence-corrected chi connectivity index (χ4v) is 3.99. The quantitative estimate of drug-likeness (QED) is 0.624. The Morgan fingerprint density at radius 1 is 1.42 bits per heavy atom. The van der Waals surface area contributed by atoms with E-state index in [-0.39, 0.29) is 17.0 Å². The molecule has 3 heterocycles. The zero-order valence-corrected chi connectivity index (χ0v) is 15.0. The Morgan fingerprint density at radius 2 is 2.15 bits per heavy atom. The number of allylic oxidation sites excluding steroid dienone is 1. The van der Waals surface area contributed by atoms with Gasteiger partial charge in [-0.1, -0.05) is 35.1 Å². The number of fused-ring (bicyclic) bond motifs is 3. The van der Waals surface area contributed by atoms with Gasteiger partial charge < -0.3 is 20.8 Å². The standard InChI is InChI=1S/C17H12ClN5O2S/c1-21-17-23-15-13(26-17)12-11(16(24)22-15)10(9(6-19)14(20)25-12)7-2-4-8(18)5-3-7/h2-5,10H,20H2,1H3,(H2,21,22,23,24). The van der Waals surface area contributed by atoms with E-state index in [1.807, 2.05) is 0 Å². The van der Waals surface area contributed by atoms with Crippen molar-refractivity contribution in [2.24, 2.45) is 5.73 Å². The predicted molar refractivity (Wildman–Crippen MR) is 101 cm³/mol. The number of nitriles is 1. The molecule has 4 N–H and O–H groups in total. The van der Waals surface area contributed by atoms with Crippen molar-refractivity contribution in [2.75, 3.05) is 12.4 Å². The van der Waals surface area contributed by atoms with Crippen LogP contribution in [0.5, 0.6) is 5.75 Å². The average Bonchev–Trinajstić information content (AvgIpc) is 3.04. The van der Waals surface area contributed by atoms with Gasteiger partial charge in [0.2, 0.25) is 5.88 Å². The molecule has 26 heavy (non-hydrogen) atoms. The first-order valence-corrected chi connectivity index (χ1v) is 8.80. The van der Waals surface area contributed by atoms with E-state index in [9.17, 15) is 10.1 Å². The van der Waals surface area contributed by atoms with Gasteiger partial charge in [0.15, 0.2) is 16.5 Å². The number of halogens is 1. The second kappa shape index (κ2) is 6.05. The molecule has 2 aromatic heterocycles. The molecule has 130 valence electrons. The Kier molecular flexibility index (Phi) is 3.83. The van der Waals surface area contributed by atoms with Crippen LogP contribution in [0.2, 0.25) is 5.02 Å². The molecule has 4 rings (SSSR count). The summed E-state index contributed by atoms with van der Waals surface area (Å²) < 4.78 is 6.35. The number of thiazole rings is 1. The fourth-order valence-electron chi connectivity index (χ4n) is 2.99. The van der Waals surface area contributed by atoms with Crippen LogP contribution in [-0.2, 0) is 0 Å². The Morgan fingerprint density at radius 3 is 2.81 bits per heavy atom. The number of anilines is 1. The zero-order chi connectivity index (χ0) is 18.4. The van der Waals surface area contributed by atoms with Crippen molar-refractivity contribution in [3.8, 4) is 11.8 Å². The molecular weight excluding hydrogens is 374 g/mol. The monoisotopic (exact) mass is 385 g/mol. The zero-order valence-electron chi connectivity index (χ0n) is 13.5. The van der Waals surface area contributed by atoms with E-state index in [1.54, 1.807) is 31.3 Å². The van der Waals surface area contributed by atoms with E-state index < -0.39 is 5.92 Å². The van der Waals surface area contributed by atoms with Gasteiger partial charge in [-0.15, -0.1) is 0 Å². The molecule has 0 aliphatic carbocycles. The van der Waals surface area contributed by atoms with Gasteiger partial charge in [-0.05, 0) is 17.7 Å². The van der Waals surface area contributed by atoms with E-state index >= 15 is 0 Å². The lowest BCUT2D eigenvalue weighted by molar-refractivity contribution is 0.397. The number of nitrogens with one attached hydrogen (secondary N) is 2. The van der Waals surface area contributed by atoms with Crippen LogP contribution in [0, 0.1) is 11.3 Å². The number of ether oxygens (including phenoxy) is 1. The van der Waals surface area contributed by atoms with Crippen LogP contribution < -0.4 is 21.3 Å². The van der Waals surface area contributed by atoms with E-state index in [1.165, 1.54) is 11.3 Å². The van der Waals surface area contributed by atoms with Crippen molar-refractivity contribution < 1.29 is 4.74 Å². The Bertz CT molecular complexity index is 1160. The molecule has 1 aliphatic heterocycles. The fraction of sp³-hybridized carbons (Fsp3) is 0.118. The van der Waals surface area contributed by atoms with Crippen LogP contribution in [0.3, 0.4) is 0 Å². The van der Waals surface area contributed by atoms with Gasteiger partial charge in [0.25, 0.3) is 5.56 Å². The average molecular weight is 386 g/mol. The SMILES string of the molecule is CNc1nc2[nH]c(=O)c3c(c2s1)OC(N)=C(C#N)C3c1ccc(Cl)cc1. The number of aromatic nitrogens is 2. The molecule has 1 aliphatic rings. The summed E-state index contributed by atoms with van der Waals surface area (Å²) in [6.07, 6.45) is 0. The van der Waals surface area contributed by atoms with Crippen LogP contribution in [0.25, 0.3) is 10.3 Å². The number of H-pyrrole nitrogens is 1. The molecule has 0 amide bonds. The van der Waals surface area contributed by atoms with Crippen LogP contribution >= 0.6 is 22.9 Å². The van der Waals surface area contributed by atoms with Gasteiger partial charge in [0, 0.05) is 12.1 Å². The molecule has 0 saturated carbocycles. The lowest BCUT2D eigenvalue weighted by Crippen LogP contribution is -2.27. The summed E-state index contributed by atoms with van der Waals surface area (Å²) in [7, 11) is 1.74. The molecule has 7 nitrogen and oxygen atoms in total. The summed E-state index contributed by atoms with van der Waals surface area (Å²) in [6, 6.07) is 9.01. The number of nitrogens with two attached hydrogens (primary N) is 1. The minimum atomic E-state index is -0.644. The first kappa shape index (κ1) is 16.4. The molecular formula is C17H12ClN5O2S. The second-order valence-corrected chi connectivity index (χ2v) is 7.06. The molecule has 0 spiro atoms. The number of nitrogens with zero attached hydrogens (tertiary/aromatic N) is 2. The highest BCUT2D eigenvalue weighted by molar-refractivity contribution is 7.22. The van der Waals surface area contributed by atoms with E-state index in [0.29, 0.717) is 31.8 Å². The maximum absolute atomic E-state index is 12.8. The summed E-state index contributed by atoms with van der Waals surface area (Å²) >= 11 is 7.30. The molecule has 9 heteroatoms. The predicted octanol–water partition coefficient (Wildman–Crippen LogP) is 2.90. The molecule has 3 aromatic rings. The van der Waals surface area contributed by atoms with Crippen molar-refractivity contribution in [3.05, 3.63) is 62.2 Å². The highest BCUT2D eigenvalue weighted by Gasteiger charge is 2.35. The molecule has 0 saturated heterocycles. The van der Waals surface area contributed by atoms with Crippen LogP contribution in [-0.4, -0.2) is 17.0 Å². The molecule has 1 aromatic carbocycles. The number of aromatic amines is 1. The minimum absolute atomic E-state index is 0.0220. The third-order valence-electron chi connectivity index (χ3n) is 4.15. The summed E-state index contributed by atoms with van der Waals surface area (Å²) in [6.45, 7) is 0. The highest BCUT2D eigenvalue weighted by Crippen LogP contribution is 2.45. The number of hydrogen-bond acceptors (Lipinski definition) is 7. The smallest absolute Gasteiger partial charge is 0.257 e. The number of benzene rings is 1. The van der Waals surface area contributed by atoms with Gasteiger partial charge >= 0.3 is 0 Å². The Balaban J connectivity index is 2.05. The van der Waals surface area contributed by atoms with E-state index in [2.05, 4.69) is 21.4 Å². The van der Waals surface area contributed by atoms with Crippen LogP contribution in [0.1, 0.15) is 17.0 Å². The third-order valence-corrected chi connectivity index (χ3v) is 5.47. The van der Waals surface area contributed by atoms with Gasteiger partial charge in [-0.2, -0.15) is 5.26 Å². The topological polar surface area (TPSA) is 117 Å². The van der Waals surface area contributed by atoms with Crippen molar-refractivity contribution in [1.82, 2.24) is 9.97 Å². The van der Waals surface area contributed by atoms with Gasteiger partial charge in [0.1, 0.15) is 16.3 Å². The first-order valence-electron chi connectivity index (χ1n) is 7.61. The number of rotatable bonds is 2.